The summed E-state index contributed by atoms with van der Waals surface area (Å²) in [6, 6.07) is 3.89. The van der Waals surface area contributed by atoms with E-state index in [0.29, 0.717) is 12.5 Å². The van der Waals surface area contributed by atoms with Gasteiger partial charge in [0.25, 0.3) is 11.8 Å². The second-order valence-electron chi connectivity index (χ2n) is 7.55. The third-order valence-corrected chi connectivity index (χ3v) is 5.29. The SMILES string of the molecule is Cc1ccc(C(=O)N(C)[C@H]2CCN(C(=O)C(C)(O)C(F)(F)F)C[C@H]2C)c(F)c1. The first kappa shape index (κ1) is 22.1. The van der Waals surface area contributed by atoms with Gasteiger partial charge >= 0.3 is 6.18 Å². The lowest BCUT2D eigenvalue weighted by Crippen LogP contribution is -2.60. The van der Waals surface area contributed by atoms with Crippen molar-refractivity contribution in [3.8, 4) is 0 Å². The Morgan fingerprint density at radius 1 is 1.29 bits per heavy atom. The molecule has 2 rings (SSSR count). The first-order valence-corrected chi connectivity index (χ1v) is 8.89. The molecule has 5 nitrogen and oxygen atoms in total. The summed E-state index contributed by atoms with van der Waals surface area (Å²) in [4.78, 5) is 27.1. The maximum atomic E-state index is 14.1. The molecule has 0 aliphatic carbocycles. The lowest BCUT2D eigenvalue weighted by Gasteiger charge is -2.43. The average Bonchev–Trinajstić information content (AvgIpc) is 2.58. The summed E-state index contributed by atoms with van der Waals surface area (Å²) in [7, 11) is 1.51. The number of aliphatic hydroxyl groups is 1. The van der Waals surface area contributed by atoms with Gasteiger partial charge in [0.1, 0.15) is 5.82 Å². The lowest BCUT2D eigenvalue weighted by atomic mass is 9.90. The molecule has 0 spiro atoms. The number of aryl methyl sites for hydroxylation is 1. The van der Waals surface area contributed by atoms with Crippen LogP contribution >= 0.6 is 0 Å². The number of amides is 2. The van der Waals surface area contributed by atoms with Crippen molar-refractivity contribution in [3.63, 3.8) is 0 Å². The van der Waals surface area contributed by atoms with E-state index in [1.165, 1.54) is 24.1 Å². The summed E-state index contributed by atoms with van der Waals surface area (Å²) < 4.78 is 52.8. The topological polar surface area (TPSA) is 60.9 Å². The van der Waals surface area contributed by atoms with Crippen LogP contribution in [0.15, 0.2) is 18.2 Å². The fourth-order valence-corrected chi connectivity index (χ4v) is 3.46. The zero-order valence-corrected chi connectivity index (χ0v) is 16.2. The molecule has 0 radical (unpaired) electrons. The summed E-state index contributed by atoms with van der Waals surface area (Å²) >= 11 is 0. The number of nitrogens with zero attached hydrogens (tertiary/aromatic N) is 2. The number of piperidine rings is 1. The molecule has 1 aromatic rings. The van der Waals surface area contributed by atoms with Gasteiger partial charge in [-0.05, 0) is 43.9 Å². The highest BCUT2D eigenvalue weighted by atomic mass is 19.4. The van der Waals surface area contributed by atoms with Crippen molar-refractivity contribution in [3.05, 3.63) is 35.1 Å². The lowest BCUT2D eigenvalue weighted by molar-refractivity contribution is -0.251. The first-order valence-electron chi connectivity index (χ1n) is 8.89. The number of rotatable bonds is 3. The third-order valence-electron chi connectivity index (χ3n) is 5.29. The highest BCUT2D eigenvalue weighted by molar-refractivity contribution is 5.94. The zero-order chi connectivity index (χ0) is 21.4. The zero-order valence-electron chi connectivity index (χ0n) is 16.2. The fraction of sp³-hybridized carbons (Fsp3) is 0.579. The van der Waals surface area contributed by atoms with E-state index >= 15 is 0 Å². The van der Waals surface area contributed by atoms with Crippen molar-refractivity contribution in [1.82, 2.24) is 9.80 Å². The number of halogens is 4. The molecule has 9 heteroatoms. The quantitative estimate of drug-likeness (QED) is 0.789. The van der Waals surface area contributed by atoms with Crippen LogP contribution in [0.2, 0.25) is 0 Å². The monoisotopic (exact) mass is 404 g/mol. The van der Waals surface area contributed by atoms with Gasteiger partial charge in [-0.15, -0.1) is 0 Å². The van der Waals surface area contributed by atoms with E-state index in [1.54, 1.807) is 19.9 Å². The Hall–Kier alpha value is -2.16. The molecular weight excluding hydrogens is 380 g/mol. The molecule has 1 aliphatic rings. The number of carbonyl (C=O) groups is 2. The van der Waals surface area contributed by atoms with Gasteiger partial charge in [-0.25, -0.2) is 4.39 Å². The molecular formula is C19H24F4N2O3. The fourth-order valence-electron chi connectivity index (χ4n) is 3.46. The van der Waals surface area contributed by atoms with Gasteiger partial charge < -0.3 is 14.9 Å². The number of hydrogen-bond acceptors (Lipinski definition) is 3. The second-order valence-corrected chi connectivity index (χ2v) is 7.55. The summed E-state index contributed by atoms with van der Waals surface area (Å²) in [5, 5.41) is 9.60. The van der Waals surface area contributed by atoms with Crippen LogP contribution in [0.3, 0.4) is 0 Å². The third kappa shape index (κ3) is 4.14. The second kappa shape index (κ2) is 7.69. The molecule has 1 heterocycles. The Labute approximate surface area is 160 Å². The number of carbonyl (C=O) groups excluding carboxylic acids is 2. The molecule has 156 valence electrons. The molecule has 1 unspecified atom stereocenters. The standard InChI is InChI=1S/C19H24F4N2O3/c1-11-5-6-13(14(20)9-11)16(26)24(4)15-7-8-25(10-12(15)2)17(27)18(3,28)19(21,22)23/h5-6,9,12,15,28H,7-8,10H2,1-4H3/t12-,15+,18?/m1/s1. The maximum Gasteiger partial charge on any atom is 0.426 e. The normalized spacial score (nSPS) is 22.5. The summed E-state index contributed by atoms with van der Waals surface area (Å²) in [5.41, 5.74) is -2.88. The van der Waals surface area contributed by atoms with Gasteiger partial charge in [0.05, 0.1) is 5.56 Å². The minimum Gasteiger partial charge on any atom is -0.373 e. The molecule has 1 aromatic carbocycles. The van der Waals surface area contributed by atoms with Crippen LogP contribution in [0, 0.1) is 18.7 Å². The number of benzene rings is 1. The number of likely N-dealkylation sites (tertiary alicyclic amines) is 1. The molecule has 28 heavy (non-hydrogen) atoms. The van der Waals surface area contributed by atoms with E-state index in [0.717, 1.165) is 4.90 Å². The van der Waals surface area contributed by atoms with Gasteiger partial charge in [-0.2, -0.15) is 13.2 Å². The van der Waals surface area contributed by atoms with Crippen LogP contribution < -0.4 is 0 Å². The number of alkyl halides is 3. The summed E-state index contributed by atoms with van der Waals surface area (Å²) in [6.45, 7) is 3.73. The first-order chi connectivity index (χ1) is 12.8. The Bertz CT molecular complexity index is 764. The highest BCUT2D eigenvalue weighted by Crippen LogP contribution is 2.33. The van der Waals surface area contributed by atoms with Crippen LogP contribution in [0.5, 0.6) is 0 Å². The largest absolute Gasteiger partial charge is 0.426 e. The van der Waals surface area contributed by atoms with E-state index in [2.05, 4.69) is 0 Å². The molecule has 1 saturated heterocycles. The molecule has 2 amide bonds. The average molecular weight is 404 g/mol. The van der Waals surface area contributed by atoms with Crippen LogP contribution in [0.4, 0.5) is 17.6 Å². The van der Waals surface area contributed by atoms with Crippen LogP contribution in [0.1, 0.15) is 36.2 Å². The minimum absolute atomic E-state index is 0.0475. The molecule has 0 aromatic heterocycles. The van der Waals surface area contributed by atoms with Gasteiger partial charge in [0.15, 0.2) is 0 Å². The Morgan fingerprint density at radius 2 is 1.89 bits per heavy atom. The van der Waals surface area contributed by atoms with Crippen molar-refractivity contribution in [2.75, 3.05) is 20.1 Å². The van der Waals surface area contributed by atoms with Crippen molar-refractivity contribution in [2.45, 2.75) is 45.0 Å². The Balaban J connectivity index is 2.11. The van der Waals surface area contributed by atoms with Gasteiger partial charge in [-0.1, -0.05) is 13.0 Å². The van der Waals surface area contributed by atoms with Gasteiger partial charge in [0.2, 0.25) is 5.60 Å². The van der Waals surface area contributed by atoms with Gasteiger partial charge in [-0.3, -0.25) is 9.59 Å². The summed E-state index contributed by atoms with van der Waals surface area (Å²) in [6.07, 6.45) is -4.86. The molecule has 1 aliphatic heterocycles. The van der Waals surface area contributed by atoms with Crippen molar-refractivity contribution in [2.24, 2.45) is 5.92 Å². The van der Waals surface area contributed by atoms with E-state index < -0.39 is 29.4 Å². The highest BCUT2D eigenvalue weighted by Gasteiger charge is 2.57. The maximum absolute atomic E-state index is 14.1. The molecule has 0 bridgehead atoms. The molecule has 1 fully saturated rings. The number of hydrogen-bond donors (Lipinski definition) is 1. The Morgan fingerprint density at radius 3 is 2.39 bits per heavy atom. The van der Waals surface area contributed by atoms with Crippen LogP contribution in [-0.2, 0) is 4.79 Å². The Kier molecular flexibility index (Phi) is 6.08. The summed E-state index contributed by atoms with van der Waals surface area (Å²) in [5.74, 6) is -2.94. The van der Waals surface area contributed by atoms with Crippen LogP contribution in [-0.4, -0.2) is 64.7 Å². The molecule has 1 N–H and O–H groups in total. The van der Waals surface area contributed by atoms with Gasteiger partial charge in [0, 0.05) is 26.2 Å². The van der Waals surface area contributed by atoms with E-state index in [1.807, 2.05) is 0 Å². The smallest absolute Gasteiger partial charge is 0.373 e. The van der Waals surface area contributed by atoms with Crippen molar-refractivity contribution in [1.29, 1.82) is 0 Å². The molecule has 0 saturated carbocycles. The van der Waals surface area contributed by atoms with Crippen LogP contribution in [0.25, 0.3) is 0 Å². The predicted molar refractivity (Wildman–Crippen MR) is 94.1 cm³/mol. The minimum atomic E-state index is -5.08. The van der Waals surface area contributed by atoms with E-state index in [-0.39, 0.29) is 37.0 Å². The van der Waals surface area contributed by atoms with E-state index in [4.69, 9.17) is 0 Å². The van der Waals surface area contributed by atoms with Crippen molar-refractivity contribution >= 4 is 11.8 Å². The van der Waals surface area contributed by atoms with E-state index in [9.17, 15) is 32.3 Å². The molecule has 3 atom stereocenters. The van der Waals surface area contributed by atoms with Crippen molar-refractivity contribution < 1.29 is 32.3 Å². The predicted octanol–water partition coefficient (Wildman–Crippen LogP) is 2.76.